The average molecular weight is 293 g/mol. The van der Waals surface area contributed by atoms with Crippen molar-refractivity contribution in [1.29, 1.82) is 0 Å². The number of aliphatic hydroxyl groups excluding tert-OH is 1. The summed E-state index contributed by atoms with van der Waals surface area (Å²) in [5.41, 5.74) is 2.91. The molecule has 1 fully saturated rings. The van der Waals surface area contributed by atoms with Crippen molar-refractivity contribution in [3.63, 3.8) is 0 Å². The van der Waals surface area contributed by atoms with Gasteiger partial charge < -0.3 is 5.11 Å². The third kappa shape index (κ3) is 3.49. The molecule has 1 aliphatic rings. The van der Waals surface area contributed by atoms with Crippen LogP contribution in [0.4, 0.5) is 0 Å². The highest BCUT2D eigenvalue weighted by Gasteiger charge is 2.36. The molecule has 0 spiro atoms. The summed E-state index contributed by atoms with van der Waals surface area (Å²) >= 11 is 0. The van der Waals surface area contributed by atoms with Crippen LogP contribution in [-0.2, 0) is 10.8 Å². The van der Waals surface area contributed by atoms with E-state index in [0.717, 1.165) is 19.6 Å². The summed E-state index contributed by atoms with van der Waals surface area (Å²) in [7, 11) is 0. The largest absolute Gasteiger partial charge is 0.392 e. The zero-order chi connectivity index (χ0) is 16.0. The van der Waals surface area contributed by atoms with E-state index >= 15 is 0 Å². The lowest BCUT2D eigenvalue weighted by atomic mass is 9.79. The predicted molar refractivity (Wildman–Crippen MR) is 86.8 cm³/mol. The maximum Gasteiger partial charge on any atom is 0.0776 e. The van der Waals surface area contributed by atoms with Gasteiger partial charge in [0.2, 0.25) is 0 Å². The molecule has 0 unspecified atom stereocenters. The summed E-state index contributed by atoms with van der Waals surface area (Å²) in [6.45, 7) is 18.1. The molecule has 1 aliphatic heterocycles. The molecule has 1 atom stereocenters. The molecular formula is C17H31N3O. The monoisotopic (exact) mass is 293 g/mol. The van der Waals surface area contributed by atoms with E-state index in [1.54, 1.807) is 0 Å². The minimum atomic E-state index is -0.254. The van der Waals surface area contributed by atoms with Crippen LogP contribution in [0.3, 0.4) is 0 Å². The molecule has 0 saturated carbocycles. The van der Waals surface area contributed by atoms with Gasteiger partial charge >= 0.3 is 0 Å². The second-order valence-corrected chi connectivity index (χ2v) is 8.57. The van der Waals surface area contributed by atoms with Gasteiger partial charge in [0.05, 0.1) is 18.3 Å². The van der Waals surface area contributed by atoms with Crippen molar-refractivity contribution in [3.8, 4) is 0 Å². The Balaban J connectivity index is 2.24. The third-order valence-electron chi connectivity index (χ3n) is 4.12. The van der Waals surface area contributed by atoms with Crippen LogP contribution in [0.15, 0.2) is 6.20 Å². The van der Waals surface area contributed by atoms with Gasteiger partial charge in [-0.15, -0.1) is 0 Å². The summed E-state index contributed by atoms with van der Waals surface area (Å²) in [5, 5.41) is 14.2. The Labute approximate surface area is 129 Å². The number of β-amino-alcohol motifs (C(OH)–C–C–N with tert-alkyl or cyclic N) is 1. The van der Waals surface area contributed by atoms with Gasteiger partial charge in [0.15, 0.2) is 0 Å². The molecule has 4 nitrogen and oxygen atoms in total. The fourth-order valence-electron chi connectivity index (χ4n) is 3.16. The molecular weight excluding hydrogens is 262 g/mol. The number of aromatic nitrogens is 2. The van der Waals surface area contributed by atoms with E-state index in [2.05, 4.69) is 57.3 Å². The zero-order valence-corrected chi connectivity index (χ0v) is 14.6. The standard InChI is InChI=1S/C17H31N3O/c1-12(21)9-19-10-13(11-19)20-15(17(5,6)7)14(8-18-20)16(2,3)4/h8,12-13,21H,9-11H2,1-7H3/t12-/m0/s1. The van der Waals surface area contributed by atoms with Crippen LogP contribution in [0.5, 0.6) is 0 Å². The van der Waals surface area contributed by atoms with Gasteiger partial charge in [-0.25, -0.2) is 0 Å². The molecule has 0 aliphatic carbocycles. The van der Waals surface area contributed by atoms with Gasteiger partial charge in [-0.3, -0.25) is 9.58 Å². The Morgan fingerprint density at radius 2 is 1.76 bits per heavy atom. The molecule has 2 rings (SSSR count). The Hall–Kier alpha value is -0.870. The topological polar surface area (TPSA) is 41.3 Å². The number of hydrogen-bond donors (Lipinski definition) is 1. The van der Waals surface area contributed by atoms with E-state index in [9.17, 15) is 5.11 Å². The molecule has 2 heterocycles. The lowest BCUT2D eigenvalue weighted by molar-refractivity contribution is 0.0453. The van der Waals surface area contributed by atoms with E-state index in [1.807, 2.05) is 6.92 Å². The first-order valence-corrected chi connectivity index (χ1v) is 7.99. The molecule has 1 saturated heterocycles. The van der Waals surface area contributed by atoms with E-state index in [1.165, 1.54) is 11.3 Å². The fraction of sp³-hybridized carbons (Fsp3) is 0.824. The summed E-state index contributed by atoms with van der Waals surface area (Å²) in [6.07, 6.45) is 1.80. The SMILES string of the molecule is C[C@H](O)CN1CC(n2ncc(C(C)(C)C)c2C(C)(C)C)C1. The first-order valence-electron chi connectivity index (χ1n) is 7.99. The first kappa shape index (κ1) is 16.5. The highest BCUT2D eigenvalue weighted by Crippen LogP contribution is 2.36. The second kappa shape index (κ2) is 5.40. The maximum absolute atomic E-state index is 9.48. The smallest absolute Gasteiger partial charge is 0.0776 e. The normalized spacial score (nSPS) is 19.6. The second-order valence-electron chi connectivity index (χ2n) is 8.57. The quantitative estimate of drug-likeness (QED) is 0.931. The number of rotatable bonds is 3. The van der Waals surface area contributed by atoms with Crippen LogP contribution in [-0.4, -0.2) is 45.5 Å². The highest BCUT2D eigenvalue weighted by molar-refractivity contribution is 5.31. The van der Waals surface area contributed by atoms with Crippen LogP contribution in [0.25, 0.3) is 0 Å². The van der Waals surface area contributed by atoms with E-state index < -0.39 is 0 Å². The van der Waals surface area contributed by atoms with Crippen molar-refractivity contribution >= 4 is 0 Å². The van der Waals surface area contributed by atoms with E-state index in [4.69, 9.17) is 5.10 Å². The van der Waals surface area contributed by atoms with Crippen molar-refractivity contribution < 1.29 is 5.11 Å². The Kier molecular flexibility index (Phi) is 4.24. The number of aliphatic hydroxyl groups is 1. The Bertz CT molecular complexity index is 485. The number of nitrogens with zero attached hydrogens (tertiary/aromatic N) is 3. The highest BCUT2D eigenvalue weighted by atomic mass is 16.3. The maximum atomic E-state index is 9.48. The fourth-order valence-corrected chi connectivity index (χ4v) is 3.16. The van der Waals surface area contributed by atoms with Crippen LogP contribution < -0.4 is 0 Å². The first-order chi connectivity index (χ1) is 9.50. The summed E-state index contributed by atoms with van der Waals surface area (Å²) < 4.78 is 2.24. The minimum Gasteiger partial charge on any atom is -0.392 e. The van der Waals surface area contributed by atoms with Crippen molar-refractivity contribution in [2.24, 2.45) is 0 Å². The van der Waals surface area contributed by atoms with Gasteiger partial charge in [-0.1, -0.05) is 41.5 Å². The van der Waals surface area contributed by atoms with Crippen LogP contribution in [0.1, 0.15) is 65.8 Å². The molecule has 1 aromatic rings. The zero-order valence-electron chi connectivity index (χ0n) is 14.6. The van der Waals surface area contributed by atoms with Crippen molar-refractivity contribution in [2.75, 3.05) is 19.6 Å². The van der Waals surface area contributed by atoms with Crippen LogP contribution in [0, 0.1) is 0 Å². The van der Waals surface area contributed by atoms with Crippen LogP contribution >= 0.6 is 0 Å². The number of hydrogen-bond acceptors (Lipinski definition) is 3. The molecule has 0 radical (unpaired) electrons. The summed E-state index contributed by atoms with van der Waals surface area (Å²) in [5.74, 6) is 0. The van der Waals surface area contributed by atoms with Crippen molar-refractivity contribution in [3.05, 3.63) is 17.5 Å². The molecule has 4 heteroatoms. The molecule has 120 valence electrons. The van der Waals surface area contributed by atoms with Gasteiger partial charge in [0, 0.05) is 30.7 Å². The molecule has 0 aromatic carbocycles. The molecule has 1 aromatic heterocycles. The molecule has 0 amide bonds. The van der Waals surface area contributed by atoms with Crippen molar-refractivity contribution in [1.82, 2.24) is 14.7 Å². The lowest BCUT2D eigenvalue weighted by Crippen LogP contribution is -2.51. The van der Waals surface area contributed by atoms with Gasteiger partial charge in [-0.05, 0) is 17.9 Å². The van der Waals surface area contributed by atoms with E-state index in [-0.39, 0.29) is 16.9 Å². The van der Waals surface area contributed by atoms with Gasteiger partial charge in [0.1, 0.15) is 0 Å². The Morgan fingerprint density at radius 1 is 1.19 bits per heavy atom. The summed E-state index contributed by atoms with van der Waals surface area (Å²) in [4.78, 5) is 2.29. The predicted octanol–water partition coefficient (Wildman–Crippen LogP) is 2.72. The molecule has 1 N–H and O–H groups in total. The van der Waals surface area contributed by atoms with Crippen LogP contribution in [0.2, 0.25) is 0 Å². The molecule has 21 heavy (non-hydrogen) atoms. The minimum absolute atomic E-state index is 0.0871. The number of likely N-dealkylation sites (tertiary alicyclic amines) is 1. The summed E-state index contributed by atoms with van der Waals surface area (Å²) in [6, 6.07) is 0.439. The molecule has 0 bridgehead atoms. The van der Waals surface area contributed by atoms with Crippen molar-refractivity contribution in [2.45, 2.75) is 71.4 Å². The Morgan fingerprint density at radius 3 is 2.19 bits per heavy atom. The lowest BCUT2D eigenvalue weighted by Gasteiger charge is -2.42. The van der Waals surface area contributed by atoms with Gasteiger partial charge in [0.25, 0.3) is 0 Å². The average Bonchev–Trinajstić information content (AvgIpc) is 2.65. The van der Waals surface area contributed by atoms with Gasteiger partial charge in [-0.2, -0.15) is 5.10 Å². The third-order valence-corrected chi connectivity index (χ3v) is 4.12. The van der Waals surface area contributed by atoms with E-state index in [0.29, 0.717) is 6.04 Å².